The van der Waals surface area contributed by atoms with E-state index in [-0.39, 0.29) is 17.5 Å². The summed E-state index contributed by atoms with van der Waals surface area (Å²) in [6.07, 6.45) is 3.98. The number of methoxy groups -OCH3 is 1. The minimum atomic E-state index is -1.34. The average molecular weight is 527 g/mol. The molecule has 6 nitrogen and oxygen atoms in total. The zero-order valence-electron chi connectivity index (χ0n) is 21.8. The molecular formula is C34H26N2O4. The Kier molecular flexibility index (Phi) is 5.46. The summed E-state index contributed by atoms with van der Waals surface area (Å²) in [5, 5.41) is 3.06. The van der Waals surface area contributed by atoms with Crippen LogP contribution in [-0.2, 0) is 10.2 Å². The maximum Gasteiger partial charge on any atom is 0.238 e. The summed E-state index contributed by atoms with van der Waals surface area (Å²) < 4.78 is 5.43. The SMILES string of the molecule is COc1cccc(C(=O)[C@@H]2[C@@H](C(=O)c3ccccc3)N3c4ccccc4C=C[C@@H]3[C@]23C(=O)Nc2ccccc23)c1. The fourth-order valence-corrected chi connectivity index (χ4v) is 6.85. The van der Waals surface area contributed by atoms with Gasteiger partial charge in [0.2, 0.25) is 5.91 Å². The second kappa shape index (κ2) is 9.06. The van der Waals surface area contributed by atoms with Crippen molar-refractivity contribution < 1.29 is 19.1 Å². The molecule has 40 heavy (non-hydrogen) atoms. The lowest BCUT2D eigenvalue weighted by Crippen LogP contribution is -2.51. The number of rotatable bonds is 5. The van der Waals surface area contributed by atoms with Crippen molar-refractivity contribution in [1.29, 1.82) is 0 Å². The minimum absolute atomic E-state index is 0.203. The van der Waals surface area contributed by atoms with Gasteiger partial charge < -0.3 is 15.0 Å². The first-order chi connectivity index (χ1) is 19.6. The molecule has 3 aliphatic rings. The summed E-state index contributed by atoms with van der Waals surface area (Å²) in [7, 11) is 1.55. The first-order valence-corrected chi connectivity index (χ1v) is 13.3. The number of benzene rings is 4. The molecule has 1 fully saturated rings. The van der Waals surface area contributed by atoms with Crippen LogP contribution in [0.5, 0.6) is 5.75 Å². The Balaban J connectivity index is 1.54. The maximum absolute atomic E-state index is 14.8. The van der Waals surface area contributed by atoms with Crippen LogP contribution in [0.2, 0.25) is 0 Å². The highest BCUT2D eigenvalue weighted by atomic mass is 16.5. The molecule has 196 valence electrons. The molecule has 7 rings (SSSR count). The highest BCUT2D eigenvalue weighted by molar-refractivity contribution is 6.18. The Bertz CT molecular complexity index is 1710. The fourth-order valence-electron chi connectivity index (χ4n) is 6.85. The molecule has 0 saturated carbocycles. The van der Waals surface area contributed by atoms with E-state index in [4.69, 9.17) is 4.74 Å². The molecule has 0 aliphatic carbocycles. The molecule has 1 N–H and O–H groups in total. The van der Waals surface area contributed by atoms with Gasteiger partial charge in [-0.1, -0.05) is 91.0 Å². The zero-order chi connectivity index (χ0) is 27.4. The van der Waals surface area contributed by atoms with E-state index >= 15 is 0 Å². The van der Waals surface area contributed by atoms with Crippen LogP contribution in [0.15, 0.2) is 109 Å². The van der Waals surface area contributed by atoms with Gasteiger partial charge in [-0.15, -0.1) is 0 Å². The lowest BCUT2D eigenvalue weighted by molar-refractivity contribution is -0.121. The summed E-state index contributed by atoms with van der Waals surface area (Å²) in [6, 6.07) is 29.8. The van der Waals surface area contributed by atoms with Crippen LogP contribution >= 0.6 is 0 Å². The van der Waals surface area contributed by atoms with E-state index in [1.54, 1.807) is 43.5 Å². The molecule has 6 heteroatoms. The number of nitrogens with one attached hydrogen (secondary N) is 1. The molecule has 4 aromatic carbocycles. The van der Waals surface area contributed by atoms with E-state index < -0.39 is 23.4 Å². The van der Waals surface area contributed by atoms with Crippen molar-refractivity contribution in [3.63, 3.8) is 0 Å². The number of hydrogen-bond donors (Lipinski definition) is 1. The van der Waals surface area contributed by atoms with Gasteiger partial charge in [0.05, 0.1) is 19.1 Å². The van der Waals surface area contributed by atoms with Gasteiger partial charge in [-0.05, 0) is 35.4 Å². The Morgan fingerprint density at radius 2 is 1.55 bits per heavy atom. The molecular weight excluding hydrogens is 500 g/mol. The summed E-state index contributed by atoms with van der Waals surface area (Å²) in [6.45, 7) is 0. The van der Waals surface area contributed by atoms with Crippen molar-refractivity contribution >= 4 is 34.9 Å². The van der Waals surface area contributed by atoms with Crippen molar-refractivity contribution in [2.45, 2.75) is 17.5 Å². The minimum Gasteiger partial charge on any atom is -0.497 e. The molecule has 4 aromatic rings. The molecule has 0 unspecified atom stereocenters. The number of ketones is 2. The van der Waals surface area contributed by atoms with Crippen molar-refractivity contribution in [3.8, 4) is 5.75 Å². The van der Waals surface area contributed by atoms with E-state index in [9.17, 15) is 14.4 Å². The highest BCUT2D eigenvalue weighted by Crippen LogP contribution is 2.58. The number of Topliss-reactive ketones (excluding diaryl/α,β-unsaturated/α-hetero) is 2. The highest BCUT2D eigenvalue weighted by Gasteiger charge is 2.70. The monoisotopic (exact) mass is 526 g/mol. The smallest absolute Gasteiger partial charge is 0.238 e. The molecule has 1 amide bonds. The van der Waals surface area contributed by atoms with Crippen molar-refractivity contribution in [2.75, 3.05) is 17.3 Å². The van der Waals surface area contributed by atoms with Crippen molar-refractivity contribution in [2.24, 2.45) is 5.92 Å². The molecule has 1 saturated heterocycles. The third kappa shape index (κ3) is 3.26. The number of ether oxygens (including phenoxy) is 1. The second-order valence-corrected chi connectivity index (χ2v) is 10.4. The predicted octanol–water partition coefficient (Wildman–Crippen LogP) is 5.55. The molecule has 1 spiro atoms. The number of fused-ring (bicyclic) bond motifs is 6. The maximum atomic E-state index is 14.8. The van der Waals surface area contributed by atoms with Gasteiger partial charge in [0.1, 0.15) is 17.2 Å². The van der Waals surface area contributed by atoms with Crippen LogP contribution in [0, 0.1) is 5.92 Å². The predicted molar refractivity (Wildman–Crippen MR) is 154 cm³/mol. The van der Waals surface area contributed by atoms with Crippen molar-refractivity contribution in [3.05, 3.63) is 131 Å². The first-order valence-electron chi connectivity index (χ1n) is 13.3. The van der Waals surface area contributed by atoms with Crippen LogP contribution in [0.1, 0.15) is 31.8 Å². The molecule has 0 radical (unpaired) electrons. The van der Waals surface area contributed by atoms with E-state index in [0.717, 1.165) is 16.8 Å². The quantitative estimate of drug-likeness (QED) is 0.345. The number of hydrogen-bond acceptors (Lipinski definition) is 5. The molecule has 3 aliphatic heterocycles. The van der Waals surface area contributed by atoms with Gasteiger partial charge in [-0.3, -0.25) is 14.4 Å². The number of para-hydroxylation sites is 2. The average Bonchev–Trinajstić information content (AvgIpc) is 3.49. The van der Waals surface area contributed by atoms with E-state index in [1.165, 1.54) is 0 Å². The standard InChI is InChI=1S/C34H26N2O4/c1-40-24-14-9-13-23(20-24)31(37)29-30(32(38)22-11-3-2-4-12-22)36-27-17-8-5-10-21(27)18-19-28(36)34(29)25-15-6-7-16-26(25)35-33(34)39/h2-20,28-30H,1H3,(H,35,39)/t28-,29+,30+,34+/m1/s1. The summed E-state index contributed by atoms with van der Waals surface area (Å²) in [5.74, 6) is -1.25. The number of nitrogens with zero attached hydrogens (tertiary/aromatic N) is 1. The normalized spacial score (nSPS) is 23.8. The Hall–Kier alpha value is -4.97. The lowest BCUT2D eigenvalue weighted by atomic mass is 9.64. The van der Waals surface area contributed by atoms with E-state index in [1.807, 2.05) is 83.8 Å². The van der Waals surface area contributed by atoms with Gasteiger partial charge >= 0.3 is 0 Å². The van der Waals surface area contributed by atoms with Gasteiger partial charge in [-0.2, -0.15) is 0 Å². The number of anilines is 2. The van der Waals surface area contributed by atoms with Crippen LogP contribution in [0.3, 0.4) is 0 Å². The molecule has 3 heterocycles. The molecule has 0 aromatic heterocycles. The Morgan fingerprint density at radius 3 is 2.38 bits per heavy atom. The van der Waals surface area contributed by atoms with Gasteiger partial charge in [0.25, 0.3) is 0 Å². The third-order valence-corrected chi connectivity index (χ3v) is 8.51. The summed E-state index contributed by atoms with van der Waals surface area (Å²) >= 11 is 0. The lowest BCUT2D eigenvalue weighted by Gasteiger charge is -2.37. The summed E-state index contributed by atoms with van der Waals surface area (Å²) in [5.41, 5.74) is 2.69. The fraction of sp³-hybridized carbons (Fsp3) is 0.147. The zero-order valence-corrected chi connectivity index (χ0v) is 21.8. The van der Waals surface area contributed by atoms with Gasteiger partial charge in [0, 0.05) is 22.5 Å². The second-order valence-electron chi connectivity index (χ2n) is 10.4. The molecule has 4 atom stereocenters. The first kappa shape index (κ1) is 24.1. The van der Waals surface area contributed by atoms with Gasteiger partial charge in [0.15, 0.2) is 11.6 Å². The van der Waals surface area contributed by atoms with Crippen LogP contribution in [0.4, 0.5) is 11.4 Å². The van der Waals surface area contributed by atoms with E-state index in [2.05, 4.69) is 5.32 Å². The van der Waals surface area contributed by atoms with Crippen LogP contribution in [0.25, 0.3) is 6.08 Å². The summed E-state index contributed by atoms with van der Waals surface area (Å²) in [4.78, 5) is 45.7. The van der Waals surface area contributed by atoms with Gasteiger partial charge in [-0.25, -0.2) is 0 Å². The van der Waals surface area contributed by atoms with Crippen molar-refractivity contribution in [1.82, 2.24) is 0 Å². The number of carbonyl (C=O) groups is 3. The van der Waals surface area contributed by atoms with E-state index in [0.29, 0.717) is 22.6 Å². The number of amides is 1. The van der Waals surface area contributed by atoms with Crippen LogP contribution < -0.4 is 15.0 Å². The molecule has 0 bridgehead atoms. The third-order valence-electron chi connectivity index (χ3n) is 8.51. The topological polar surface area (TPSA) is 75.7 Å². The Labute approximate surface area is 231 Å². The Morgan fingerprint density at radius 1 is 0.825 bits per heavy atom. The largest absolute Gasteiger partial charge is 0.497 e. The van der Waals surface area contributed by atoms with Crippen LogP contribution in [-0.4, -0.2) is 36.7 Å². The number of carbonyl (C=O) groups excluding carboxylic acids is 3.